The highest BCUT2D eigenvalue weighted by atomic mass is 32.3. The van der Waals surface area contributed by atoms with Crippen molar-refractivity contribution in [2.45, 2.75) is 19.3 Å². The fraction of sp³-hybridized carbons (Fsp3) is 0.857. The molecule has 0 unspecified atom stereocenters. The predicted molar refractivity (Wildman–Crippen MR) is 46.6 cm³/mol. The monoisotopic (exact) mass is 225 g/mol. The van der Waals surface area contributed by atoms with Crippen LogP contribution in [0, 0.1) is 5.92 Å². The highest BCUT2D eigenvalue weighted by Gasteiger charge is 2.28. The highest BCUT2D eigenvalue weighted by Crippen LogP contribution is 2.22. The van der Waals surface area contributed by atoms with E-state index in [0.29, 0.717) is 12.8 Å². The molecule has 82 valence electrons. The van der Waals surface area contributed by atoms with Crippen LogP contribution in [-0.2, 0) is 15.2 Å². The van der Waals surface area contributed by atoms with Gasteiger partial charge in [0, 0.05) is 19.5 Å². The Balaban J connectivity index is 2.43. The summed E-state index contributed by atoms with van der Waals surface area (Å²) in [5.41, 5.74) is 0. The molecule has 5 nitrogen and oxygen atoms in total. The minimum atomic E-state index is -4.59. The molecule has 14 heavy (non-hydrogen) atoms. The van der Waals surface area contributed by atoms with Crippen molar-refractivity contribution >= 4 is 16.4 Å². The summed E-state index contributed by atoms with van der Waals surface area (Å²) in [4.78, 5) is 10.3. The maximum atomic E-state index is 12.4. The number of hydrogen-bond acceptors (Lipinski definition) is 3. The molecule has 7 heteroatoms. The molecule has 0 radical (unpaired) electrons. The van der Waals surface area contributed by atoms with Gasteiger partial charge in [-0.25, -0.2) is 0 Å². The summed E-state index contributed by atoms with van der Waals surface area (Å²) < 4.78 is 34.1. The first kappa shape index (κ1) is 11.4. The zero-order valence-electron chi connectivity index (χ0n) is 7.52. The molecule has 0 spiro atoms. The highest BCUT2D eigenvalue weighted by molar-refractivity contribution is 7.83. The van der Waals surface area contributed by atoms with Crippen LogP contribution in [0.1, 0.15) is 19.3 Å². The van der Waals surface area contributed by atoms with Crippen molar-refractivity contribution in [2.24, 2.45) is 5.92 Å². The lowest BCUT2D eigenvalue weighted by molar-refractivity contribution is -0.138. The van der Waals surface area contributed by atoms with Gasteiger partial charge in [-0.15, -0.1) is 0 Å². The van der Waals surface area contributed by atoms with Gasteiger partial charge in [0.1, 0.15) is 0 Å². The number of nitrogens with zero attached hydrogens (tertiary/aromatic N) is 1. The minimum Gasteiger partial charge on any atom is -0.481 e. The number of hydrogen-bond donors (Lipinski definition) is 1. The third-order valence-corrected chi connectivity index (χ3v) is 3.33. The number of carboxylic acid groups (broad SMARTS) is 1. The van der Waals surface area contributed by atoms with Crippen molar-refractivity contribution in [3.8, 4) is 0 Å². The van der Waals surface area contributed by atoms with Crippen LogP contribution in [-0.4, -0.2) is 36.9 Å². The molecule has 0 atom stereocenters. The largest absolute Gasteiger partial charge is 0.481 e. The average molecular weight is 225 g/mol. The number of halogens is 1. The quantitative estimate of drug-likeness (QED) is 0.705. The van der Waals surface area contributed by atoms with Crippen LogP contribution in [0.2, 0.25) is 0 Å². The van der Waals surface area contributed by atoms with E-state index in [1.54, 1.807) is 0 Å². The summed E-state index contributed by atoms with van der Waals surface area (Å²) in [6.07, 6.45) is 0.852. The van der Waals surface area contributed by atoms with E-state index in [4.69, 9.17) is 5.11 Å². The molecule has 0 aliphatic carbocycles. The Kier molecular flexibility index (Phi) is 3.43. The molecule has 0 aromatic carbocycles. The van der Waals surface area contributed by atoms with Crippen LogP contribution in [0.3, 0.4) is 0 Å². The van der Waals surface area contributed by atoms with E-state index in [-0.39, 0.29) is 25.4 Å². The Morgan fingerprint density at radius 3 is 2.29 bits per heavy atom. The first-order valence-electron chi connectivity index (χ1n) is 4.31. The van der Waals surface area contributed by atoms with Crippen LogP contribution in [0.15, 0.2) is 0 Å². The van der Waals surface area contributed by atoms with E-state index >= 15 is 0 Å². The minimum absolute atomic E-state index is 0.0279. The molecule has 1 N–H and O–H groups in total. The second-order valence-electron chi connectivity index (χ2n) is 3.38. The fourth-order valence-electron chi connectivity index (χ4n) is 1.58. The summed E-state index contributed by atoms with van der Waals surface area (Å²) in [5.74, 6) is -0.933. The lowest BCUT2D eigenvalue weighted by Gasteiger charge is -2.27. The molecule has 1 fully saturated rings. The Bertz CT molecular complexity index is 308. The van der Waals surface area contributed by atoms with Crippen LogP contribution in [0.25, 0.3) is 0 Å². The molecular weight excluding hydrogens is 213 g/mol. The Morgan fingerprint density at radius 2 is 1.93 bits per heavy atom. The number of carbonyl (C=O) groups is 1. The number of aliphatic carboxylic acids is 1. The molecule has 1 heterocycles. The normalized spacial score (nSPS) is 20.9. The van der Waals surface area contributed by atoms with Crippen molar-refractivity contribution in [1.29, 1.82) is 0 Å². The number of rotatable bonds is 3. The third-order valence-electron chi connectivity index (χ3n) is 2.35. The second kappa shape index (κ2) is 4.22. The maximum absolute atomic E-state index is 12.4. The van der Waals surface area contributed by atoms with Crippen molar-refractivity contribution in [2.75, 3.05) is 13.1 Å². The Hall–Kier alpha value is -0.690. The topological polar surface area (TPSA) is 74.7 Å². The van der Waals surface area contributed by atoms with E-state index in [9.17, 15) is 17.1 Å². The summed E-state index contributed by atoms with van der Waals surface area (Å²) in [6, 6.07) is 0. The Labute approximate surface area is 81.9 Å². The van der Waals surface area contributed by atoms with Gasteiger partial charge in [-0.3, -0.25) is 4.79 Å². The molecule has 0 bridgehead atoms. The molecule has 1 aliphatic heterocycles. The van der Waals surface area contributed by atoms with Gasteiger partial charge in [-0.1, -0.05) is 3.89 Å². The van der Waals surface area contributed by atoms with Crippen LogP contribution in [0.4, 0.5) is 3.89 Å². The SMILES string of the molecule is O=C(O)CC1CCN(S(=O)(=O)F)CC1. The van der Waals surface area contributed by atoms with E-state index in [1.165, 1.54) is 0 Å². The molecule has 1 aliphatic rings. The van der Waals surface area contributed by atoms with Crippen molar-refractivity contribution in [3.05, 3.63) is 0 Å². The van der Waals surface area contributed by atoms with Gasteiger partial charge in [0.05, 0.1) is 0 Å². The lowest BCUT2D eigenvalue weighted by Crippen LogP contribution is -2.36. The maximum Gasteiger partial charge on any atom is 0.374 e. The summed E-state index contributed by atoms with van der Waals surface area (Å²) in [6.45, 7) is 0.160. The number of piperidine rings is 1. The van der Waals surface area contributed by atoms with Gasteiger partial charge in [-0.2, -0.15) is 12.7 Å². The Morgan fingerprint density at radius 1 is 1.43 bits per heavy atom. The van der Waals surface area contributed by atoms with Crippen LogP contribution in [0.5, 0.6) is 0 Å². The molecular formula is C7H12FNO4S. The summed E-state index contributed by atoms with van der Waals surface area (Å²) in [5, 5.41) is 8.49. The van der Waals surface area contributed by atoms with Gasteiger partial charge >= 0.3 is 16.4 Å². The third kappa shape index (κ3) is 3.22. The van der Waals surface area contributed by atoms with Gasteiger partial charge in [-0.05, 0) is 18.8 Å². The summed E-state index contributed by atoms with van der Waals surface area (Å²) >= 11 is 0. The molecule has 1 rings (SSSR count). The smallest absolute Gasteiger partial charge is 0.374 e. The predicted octanol–water partition coefficient (Wildman–Crippen LogP) is 0.387. The zero-order chi connectivity index (χ0) is 10.8. The van der Waals surface area contributed by atoms with E-state index in [1.807, 2.05) is 0 Å². The summed E-state index contributed by atoms with van der Waals surface area (Å²) in [7, 11) is -4.59. The first-order valence-corrected chi connectivity index (χ1v) is 5.65. The van der Waals surface area contributed by atoms with Crippen LogP contribution < -0.4 is 0 Å². The number of carboxylic acids is 1. The molecule has 1 saturated heterocycles. The standard InChI is InChI=1S/C7H12FNO4S/c8-14(12,13)9-3-1-6(2-4-9)5-7(10)11/h6H,1-5H2,(H,10,11). The molecule has 0 aromatic heterocycles. The van der Waals surface area contributed by atoms with E-state index in [0.717, 1.165) is 4.31 Å². The first-order chi connectivity index (χ1) is 6.39. The van der Waals surface area contributed by atoms with Gasteiger partial charge in [0.25, 0.3) is 0 Å². The molecule has 0 amide bonds. The van der Waals surface area contributed by atoms with Crippen molar-refractivity contribution < 1.29 is 22.2 Å². The van der Waals surface area contributed by atoms with Crippen molar-refractivity contribution in [3.63, 3.8) is 0 Å². The van der Waals surface area contributed by atoms with Crippen LogP contribution >= 0.6 is 0 Å². The lowest BCUT2D eigenvalue weighted by atomic mass is 9.95. The molecule has 0 aromatic rings. The second-order valence-corrected chi connectivity index (χ2v) is 4.72. The van der Waals surface area contributed by atoms with Gasteiger partial charge in [0.15, 0.2) is 0 Å². The average Bonchev–Trinajstić information content (AvgIpc) is 2.02. The molecule has 0 saturated carbocycles. The zero-order valence-corrected chi connectivity index (χ0v) is 8.33. The van der Waals surface area contributed by atoms with Gasteiger partial charge in [0.2, 0.25) is 0 Å². The van der Waals surface area contributed by atoms with E-state index in [2.05, 4.69) is 0 Å². The van der Waals surface area contributed by atoms with E-state index < -0.39 is 16.4 Å². The fourth-order valence-corrected chi connectivity index (χ4v) is 2.23. The van der Waals surface area contributed by atoms with Gasteiger partial charge < -0.3 is 5.11 Å². The van der Waals surface area contributed by atoms with Crippen molar-refractivity contribution in [1.82, 2.24) is 4.31 Å².